The summed E-state index contributed by atoms with van der Waals surface area (Å²) in [5.41, 5.74) is 5.47. The van der Waals surface area contributed by atoms with Gasteiger partial charge in [-0.15, -0.1) is 12.4 Å². The largest absolute Gasteiger partial charge is 0.454 e. The molecule has 3 aromatic rings. The van der Waals surface area contributed by atoms with Crippen molar-refractivity contribution in [3.63, 3.8) is 0 Å². The summed E-state index contributed by atoms with van der Waals surface area (Å²) in [6, 6.07) is 8.23. The number of benzene rings is 2. The molecular weight excluding hydrogens is 437 g/mol. The lowest BCUT2D eigenvalue weighted by molar-refractivity contribution is -0.119. The van der Waals surface area contributed by atoms with E-state index in [1.165, 1.54) is 42.6 Å². The maximum atomic E-state index is 14.2. The van der Waals surface area contributed by atoms with E-state index in [0.29, 0.717) is 11.6 Å². The number of pyridine rings is 1. The van der Waals surface area contributed by atoms with E-state index >= 15 is 0 Å². The van der Waals surface area contributed by atoms with E-state index in [1.54, 1.807) is 0 Å². The second kappa shape index (κ2) is 10.3. The van der Waals surface area contributed by atoms with Gasteiger partial charge in [0.05, 0.1) is 12.1 Å². The number of ether oxygens (including phenoxy) is 1. The molecule has 0 fully saturated rings. The summed E-state index contributed by atoms with van der Waals surface area (Å²) >= 11 is 0. The second-order valence-corrected chi connectivity index (χ2v) is 6.09. The number of nitrogen functional groups attached to an aromatic ring is 1. The Morgan fingerprint density at radius 2 is 1.71 bits per heavy atom. The van der Waals surface area contributed by atoms with Gasteiger partial charge in [0.25, 0.3) is 0 Å². The van der Waals surface area contributed by atoms with Gasteiger partial charge in [0.2, 0.25) is 5.91 Å². The molecule has 31 heavy (non-hydrogen) atoms. The highest BCUT2D eigenvalue weighted by Gasteiger charge is 2.16. The van der Waals surface area contributed by atoms with Crippen molar-refractivity contribution >= 4 is 35.9 Å². The molecule has 11 heteroatoms. The summed E-state index contributed by atoms with van der Waals surface area (Å²) in [5.74, 6) is -3.28. The van der Waals surface area contributed by atoms with Gasteiger partial charge in [-0.05, 0) is 23.8 Å². The standard InChI is InChI=1S/C20H15F3N4O3.ClH/c21-12-3-1-11(2-4-12)7-19(28)27-20(29)26-16-9-15(23)17(10-14(16)22)30-13-5-6-25-18(24)8-13;/h1-6,8-10H,7H2,(H2,24,25)(H2,26,27,28,29);1H. The van der Waals surface area contributed by atoms with Gasteiger partial charge < -0.3 is 15.8 Å². The first kappa shape index (κ1) is 23.5. The molecule has 3 amide bonds. The number of rotatable bonds is 5. The van der Waals surface area contributed by atoms with Crippen LogP contribution >= 0.6 is 12.4 Å². The minimum Gasteiger partial charge on any atom is -0.454 e. The Labute approximate surface area is 180 Å². The average molecular weight is 453 g/mol. The number of nitrogens with one attached hydrogen (secondary N) is 2. The number of carbonyl (C=O) groups excluding carboxylic acids is 2. The first-order chi connectivity index (χ1) is 14.3. The van der Waals surface area contributed by atoms with E-state index in [4.69, 9.17) is 10.5 Å². The van der Waals surface area contributed by atoms with Gasteiger partial charge in [-0.3, -0.25) is 10.1 Å². The van der Waals surface area contributed by atoms with Crippen molar-refractivity contribution in [3.8, 4) is 11.5 Å². The highest BCUT2D eigenvalue weighted by molar-refractivity contribution is 6.01. The summed E-state index contributed by atoms with van der Waals surface area (Å²) < 4.78 is 46.6. The molecule has 0 spiro atoms. The zero-order valence-electron chi connectivity index (χ0n) is 15.7. The molecule has 0 aliphatic rings. The minimum absolute atomic E-state index is 0. The lowest BCUT2D eigenvalue weighted by Crippen LogP contribution is -2.35. The van der Waals surface area contributed by atoms with Crippen LogP contribution in [0.5, 0.6) is 11.5 Å². The molecule has 2 aromatic carbocycles. The van der Waals surface area contributed by atoms with Gasteiger partial charge in [-0.1, -0.05) is 12.1 Å². The van der Waals surface area contributed by atoms with E-state index in [-0.39, 0.29) is 30.4 Å². The molecule has 0 aliphatic carbocycles. The van der Waals surface area contributed by atoms with Gasteiger partial charge in [0, 0.05) is 24.4 Å². The molecule has 0 atom stereocenters. The second-order valence-electron chi connectivity index (χ2n) is 6.09. The van der Waals surface area contributed by atoms with E-state index in [0.717, 1.165) is 6.07 Å². The van der Waals surface area contributed by atoms with Gasteiger partial charge in [0.1, 0.15) is 17.4 Å². The van der Waals surface area contributed by atoms with Crippen LogP contribution in [0.4, 0.5) is 29.5 Å². The summed E-state index contributed by atoms with van der Waals surface area (Å²) in [4.78, 5) is 27.5. The third-order valence-corrected chi connectivity index (χ3v) is 3.78. The summed E-state index contributed by atoms with van der Waals surface area (Å²) in [5, 5.41) is 4.02. The Kier molecular flexibility index (Phi) is 7.81. The fourth-order valence-electron chi connectivity index (χ4n) is 2.43. The Bertz CT molecular complexity index is 1100. The van der Waals surface area contributed by atoms with Crippen molar-refractivity contribution in [3.05, 3.63) is 77.7 Å². The van der Waals surface area contributed by atoms with Crippen LogP contribution in [-0.4, -0.2) is 16.9 Å². The molecule has 0 radical (unpaired) electrons. The molecule has 0 unspecified atom stereocenters. The Hall–Kier alpha value is -3.79. The smallest absolute Gasteiger partial charge is 0.325 e. The SMILES string of the molecule is Cl.Nc1cc(Oc2cc(F)c(NC(=O)NC(=O)Cc3ccc(F)cc3)cc2F)ccn1. The van der Waals surface area contributed by atoms with Crippen LogP contribution < -0.4 is 21.1 Å². The zero-order chi connectivity index (χ0) is 21.7. The Morgan fingerprint density at radius 1 is 1.00 bits per heavy atom. The Balaban J connectivity index is 0.00000341. The van der Waals surface area contributed by atoms with Crippen LogP contribution in [0.25, 0.3) is 0 Å². The number of imide groups is 1. The molecule has 3 rings (SSSR count). The number of carbonyl (C=O) groups is 2. The van der Waals surface area contributed by atoms with Gasteiger partial charge >= 0.3 is 6.03 Å². The number of anilines is 2. The maximum Gasteiger partial charge on any atom is 0.325 e. The summed E-state index contributed by atoms with van der Waals surface area (Å²) in [7, 11) is 0. The molecule has 0 saturated carbocycles. The van der Waals surface area contributed by atoms with Crippen molar-refractivity contribution in [1.29, 1.82) is 0 Å². The highest BCUT2D eigenvalue weighted by Crippen LogP contribution is 2.29. The van der Waals surface area contributed by atoms with Crippen LogP contribution in [-0.2, 0) is 11.2 Å². The maximum absolute atomic E-state index is 14.2. The lowest BCUT2D eigenvalue weighted by atomic mass is 10.1. The number of nitrogens with zero attached hydrogens (tertiary/aromatic N) is 1. The Morgan fingerprint density at radius 3 is 2.39 bits per heavy atom. The minimum atomic E-state index is -1.06. The molecule has 1 aromatic heterocycles. The quantitative estimate of drug-likeness (QED) is 0.538. The first-order valence-electron chi connectivity index (χ1n) is 8.54. The lowest BCUT2D eigenvalue weighted by Gasteiger charge is -2.11. The van der Waals surface area contributed by atoms with Crippen LogP contribution in [0.3, 0.4) is 0 Å². The number of halogens is 4. The van der Waals surface area contributed by atoms with E-state index in [9.17, 15) is 22.8 Å². The summed E-state index contributed by atoms with van der Waals surface area (Å²) in [6.45, 7) is 0. The molecule has 7 nitrogen and oxygen atoms in total. The number of hydrogen-bond acceptors (Lipinski definition) is 5. The van der Waals surface area contributed by atoms with Crippen molar-refractivity contribution in [2.45, 2.75) is 6.42 Å². The first-order valence-corrected chi connectivity index (χ1v) is 8.54. The molecule has 0 aliphatic heterocycles. The predicted molar refractivity (Wildman–Crippen MR) is 110 cm³/mol. The molecule has 162 valence electrons. The topological polar surface area (TPSA) is 106 Å². The van der Waals surface area contributed by atoms with Crippen molar-refractivity contribution in [1.82, 2.24) is 10.3 Å². The van der Waals surface area contributed by atoms with E-state index < -0.39 is 40.8 Å². The number of aromatic nitrogens is 1. The summed E-state index contributed by atoms with van der Waals surface area (Å²) in [6.07, 6.45) is 1.13. The van der Waals surface area contributed by atoms with Crippen molar-refractivity contribution in [2.24, 2.45) is 0 Å². The molecule has 0 saturated heterocycles. The fraction of sp³-hybridized carbons (Fsp3) is 0.0500. The number of urea groups is 1. The fourth-order valence-corrected chi connectivity index (χ4v) is 2.43. The molecule has 0 bridgehead atoms. The monoisotopic (exact) mass is 452 g/mol. The number of nitrogens with two attached hydrogens (primary N) is 1. The third kappa shape index (κ3) is 6.61. The predicted octanol–water partition coefficient (Wildman–Crippen LogP) is 4.19. The zero-order valence-corrected chi connectivity index (χ0v) is 16.5. The van der Waals surface area contributed by atoms with Gasteiger partial charge in [-0.25, -0.2) is 22.9 Å². The number of hydrogen-bond donors (Lipinski definition) is 3. The van der Waals surface area contributed by atoms with Crippen molar-refractivity contribution < 1.29 is 27.5 Å². The van der Waals surface area contributed by atoms with Crippen LogP contribution in [0, 0.1) is 17.5 Å². The van der Waals surface area contributed by atoms with Gasteiger partial charge in [-0.2, -0.15) is 0 Å². The van der Waals surface area contributed by atoms with E-state index in [1.807, 2.05) is 10.6 Å². The van der Waals surface area contributed by atoms with Gasteiger partial charge in [0.15, 0.2) is 17.4 Å². The van der Waals surface area contributed by atoms with Crippen LogP contribution in [0.15, 0.2) is 54.7 Å². The van der Waals surface area contributed by atoms with E-state index in [2.05, 4.69) is 4.98 Å². The normalized spacial score (nSPS) is 10.0. The number of amides is 3. The van der Waals surface area contributed by atoms with Crippen molar-refractivity contribution in [2.75, 3.05) is 11.1 Å². The third-order valence-electron chi connectivity index (χ3n) is 3.78. The molecule has 4 N–H and O–H groups in total. The molecule has 1 heterocycles. The highest BCUT2D eigenvalue weighted by atomic mass is 35.5. The molecular formula is C20H16ClF3N4O3. The van der Waals surface area contributed by atoms with Crippen LogP contribution in [0.2, 0.25) is 0 Å². The average Bonchev–Trinajstić information content (AvgIpc) is 2.67. The van der Waals surface area contributed by atoms with Crippen LogP contribution in [0.1, 0.15) is 5.56 Å².